The molecule has 0 aromatic heterocycles. The van der Waals surface area contributed by atoms with Gasteiger partial charge in [-0.15, -0.1) is 0 Å². The van der Waals surface area contributed by atoms with E-state index in [9.17, 15) is 15.0 Å². The molecule has 1 heterocycles. The molecule has 1 aromatic carbocycles. The molecule has 8 nitrogen and oxygen atoms in total. The zero-order valence-corrected chi connectivity index (χ0v) is 13.4. The number of aliphatic hydroxyl groups is 2. The number of nitrogens with one attached hydrogen (secondary N) is 2. The van der Waals surface area contributed by atoms with Gasteiger partial charge in [-0.05, 0) is 18.6 Å². The molecule has 0 radical (unpaired) electrons. The minimum absolute atomic E-state index is 0.204. The molecule has 0 bridgehead atoms. The number of urea groups is 1. The fraction of sp³-hybridized carbons (Fsp3) is 0.562. The highest BCUT2D eigenvalue weighted by molar-refractivity contribution is 5.90. The van der Waals surface area contributed by atoms with Gasteiger partial charge in [-0.2, -0.15) is 0 Å². The predicted octanol–water partition coefficient (Wildman–Crippen LogP) is 0.336. The number of hydrogen-bond acceptors (Lipinski definition) is 6. The number of ether oxygens (including phenoxy) is 3. The lowest BCUT2D eigenvalue weighted by atomic mass is 10.1. The van der Waals surface area contributed by atoms with E-state index in [4.69, 9.17) is 14.2 Å². The molecule has 24 heavy (non-hydrogen) atoms. The SMILES string of the molecule is COCC1CC(NC(=O)Nc2ccc3c(c2)OCCO3)C(O)C1O. The monoisotopic (exact) mass is 338 g/mol. The van der Waals surface area contributed by atoms with E-state index in [0.29, 0.717) is 43.4 Å². The van der Waals surface area contributed by atoms with Crippen LogP contribution in [0.15, 0.2) is 18.2 Å². The van der Waals surface area contributed by atoms with E-state index in [2.05, 4.69) is 10.6 Å². The Kier molecular flexibility index (Phi) is 5.08. The van der Waals surface area contributed by atoms with Gasteiger partial charge in [0.15, 0.2) is 11.5 Å². The quantitative estimate of drug-likeness (QED) is 0.630. The molecule has 4 N–H and O–H groups in total. The van der Waals surface area contributed by atoms with Crippen LogP contribution in [-0.4, -0.2) is 61.4 Å². The standard InChI is InChI=1S/C16H22N2O6/c1-22-8-9-6-11(15(20)14(9)19)18-16(21)17-10-2-3-12-13(7-10)24-5-4-23-12/h2-3,7,9,11,14-15,19-20H,4-6,8H2,1H3,(H2,17,18,21). The van der Waals surface area contributed by atoms with Crippen molar-refractivity contribution in [2.45, 2.75) is 24.7 Å². The Morgan fingerprint density at radius 2 is 2.00 bits per heavy atom. The highest BCUT2D eigenvalue weighted by atomic mass is 16.6. The van der Waals surface area contributed by atoms with E-state index in [0.717, 1.165) is 0 Å². The van der Waals surface area contributed by atoms with Crippen molar-refractivity contribution >= 4 is 11.7 Å². The molecular weight excluding hydrogens is 316 g/mol. The van der Waals surface area contributed by atoms with Crippen LogP contribution in [0.1, 0.15) is 6.42 Å². The molecule has 1 aliphatic heterocycles. The molecular formula is C16H22N2O6. The second kappa shape index (κ2) is 7.25. The molecule has 0 spiro atoms. The third kappa shape index (κ3) is 3.55. The first-order valence-corrected chi connectivity index (χ1v) is 7.90. The third-order valence-corrected chi connectivity index (χ3v) is 4.30. The van der Waals surface area contributed by atoms with Gasteiger partial charge in [0, 0.05) is 24.8 Å². The number of anilines is 1. The molecule has 1 fully saturated rings. The van der Waals surface area contributed by atoms with Crippen LogP contribution in [0, 0.1) is 5.92 Å². The molecule has 2 amide bonds. The van der Waals surface area contributed by atoms with Gasteiger partial charge >= 0.3 is 6.03 Å². The fourth-order valence-electron chi connectivity index (χ4n) is 3.10. The second-order valence-corrected chi connectivity index (χ2v) is 6.00. The van der Waals surface area contributed by atoms with Gasteiger partial charge in [-0.3, -0.25) is 0 Å². The van der Waals surface area contributed by atoms with E-state index in [1.165, 1.54) is 7.11 Å². The van der Waals surface area contributed by atoms with Crippen LogP contribution in [0.2, 0.25) is 0 Å². The van der Waals surface area contributed by atoms with Gasteiger partial charge in [-0.25, -0.2) is 4.79 Å². The van der Waals surface area contributed by atoms with Gasteiger partial charge in [0.1, 0.15) is 19.3 Å². The molecule has 4 unspecified atom stereocenters. The van der Waals surface area contributed by atoms with Crippen LogP contribution >= 0.6 is 0 Å². The van der Waals surface area contributed by atoms with Gasteiger partial charge in [-0.1, -0.05) is 0 Å². The van der Waals surface area contributed by atoms with E-state index in [1.54, 1.807) is 18.2 Å². The van der Waals surface area contributed by atoms with Crippen molar-refractivity contribution in [1.82, 2.24) is 5.32 Å². The Hall–Kier alpha value is -2.03. The van der Waals surface area contributed by atoms with Gasteiger partial charge in [0.2, 0.25) is 0 Å². The van der Waals surface area contributed by atoms with Crippen molar-refractivity contribution in [2.24, 2.45) is 5.92 Å². The first-order chi connectivity index (χ1) is 11.6. The number of benzene rings is 1. The largest absolute Gasteiger partial charge is 0.486 e. The van der Waals surface area contributed by atoms with Crippen LogP contribution in [0.3, 0.4) is 0 Å². The van der Waals surface area contributed by atoms with E-state index in [-0.39, 0.29) is 5.92 Å². The number of hydrogen-bond donors (Lipinski definition) is 4. The average Bonchev–Trinajstić information content (AvgIpc) is 2.83. The molecule has 132 valence electrons. The maximum absolute atomic E-state index is 12.1. The van der Waals surface area contributed by atoms with Gasteiger partial charge in [0.05, 0.1) is 18.8 Å². The van der Waals surface area contributed by atoms with E-state index >= 15 is 0 Å². The molecule has 3 rings (SSSR count). The Labute approximate surface area is 139 Å². The lowest BCUT2D eigenvalue weighted by Crippen LogP contribution is -2.44. The lowest BCUT2D eigenvalue weighted by Gasteiger charge is -2.20. The van der Waals surface area contributed by atoms with Crippen LogP contribution < -0.4 is 20.1 Å². The molecule has 4 atom stereocenters. The minimum Gasteiger partial charge on any atom is -0.486 e. The third-order valence-electron chi connectivity index (χ3n) is 4.30. The Morgan fingerprint density at radius 1 is 1.25 bits per heavy atom. The molecule has 2 aliphatic rings. The number of carbonyl (C=O) groups excluding carboxylic acids is 1. The normalized spacial score (nSPS) is 28.5. The number of fused-ring (bicyclic) bond motifs is 1. The summed E-state index contributed by atoms with van der Waals surface area (Å²) in [4.78, 5) is 12.1. The number of amides is 2. The summed E-state index contributed by atoms with van der Waals surface area (Å²) >= 11 is 0. The van der Waals surface area contributed by atoms with Gasteiger partial charge in [0.25, 0.3) is 0 Å². The van der Waals surface area contributed by atoms with Crippen LogP contribution in [0.25, 0.3) is 0 Å². The smallest absolute Gasteiger partial charge is 0.319 e. The summed E-state index contributed by atoms with van der Waals surface area (Å²) in [5.74, 6) is 1.02. The predicted molar refractivity (Wildman–Crippen MR) is 85.4 cm³/mol. The zero-order valence-electron chi connectivity index (χ0n) is 13.4. The molecule has 0 saturated heterocycles. The maximum atomic E-state index is 12.1. The fourth-order valence-corrected chi connectivity index (χ4v) is 3.10. The average molecular weight is 338 g/mol. The maximum Gasteiger partial charge on any atom is 0.319 e. The van der Waals surface area contributed by atoms with Crippen LogP contribution in [0.4, 0.5) is 10.5 Å². The first-order valence-electron chi connectivity index (χ1n) is 7.90. The Bertz CT molecular complexity index is 596. The van der Waals surface area contributed by atoms with Crippen molar-refractivity contribution in [1.29, 1.82) is 0 Å². The van der Waals surface area contributed by atoms with Crippen molar-refractivity contribution < 1.29 is 29.2 Å². The zero-order chi connectivity index (χ0) is 17.1. The topological polar surface area (TPSA) is 109 Å². The Morgan fingerprint density at radius 3 is 2.75 bits per heavy atom. The summed E-state index contributed by atoms with van der Waals surface area (Å²) in [6, 6.07) is 4.13. The highest BCUT2D eigenvalue weighted by Crippen LogP contribution is 2.32. The first kappa shape index (κ1) is 16.8. The summed E-state index contributed by atoms with van der Waals surface area (Å²) in [5.41, 5.74) is 0.554. The number of aliphatic hydroxyl groups excluding tert-OH is 2. The van der Waals surface area contributed by atoms with Crippen LogP contribution in [0.5, 0.6) is 11.5 Å². The summed E-state index contributed by atoms with van der Waals surface area (Å²) in [6.45, 7) is 1.31. The minimum atomic E-state index is -1.02. The van der Waals surface area contributed by atoms with Gasteiger partial charge < -0.3 is 35.1 Å². The summed E-state index contributed by atoms with van der Waals surface area (Å²) < 4.78 is 15.9. The second-order valence-electron chi connectivity index (χ2n) is 6.00. The molecule has 1 aromatic rings. The van der Waals surface area contributed by atoms with Crippen molar-refractivity contribution in [2.75, 3.05) is 32.2 Å². The number of carbonyl (C=O) groups is 1. The van der Waals surface area contributed by atoms with E-state index < -0.39 is 24.3 Å². The lowest BCUT2D eigenvalue weighted by molar-refractivity contribution is -0.00487. The summed E-state index contributed by atoms with van der Waals surface area (Å²) in [6.07, 6.45) is -1.48. The molecule has 1 aliphatic carbocycles. The van der Waals surface area contributed by atoms with Crippen molar-refractivity contribution in [3.05, 3.63) is 18.2 Å². The Balaban J connectivity index is 1.58. The van der Waals surface area contributed by atoms with E-state index in [1.807, 2.05) is 0 Å². The number of rotatable bonds is 4. The highest BCUT2D eigenvalue weighted by Gasteiger charge is 2.42. The van der Waals surface area contributed by atoms with Crippen molar-refractivity contribution in [3.8, 4) is 11.5 Å². The van der Waals surface area contributed by atoms with Crippen LogP contribution in [-0.2, 0) is 4.74 Å². The summed E-state index contributed by atoms with van der Waals surface area (Å²) in [7, 11) is 1.54. The number of methoxy groups -OCH3 is 1. The molecule has 8 heteroatoms. The summed E-state index contributed by atoms with van der Waals surface area (Å²) in [5, 5.41) is 25.4. The van der Waals surface area contributed by atoms with Crippen molar-refractivity contribution in [3.63, 3.8) is 0 Å². The molecule has 1 saturated carbocycles.